The molecular formula is C14H18N2. The summed E-state index contributed by atoms with van der Waals surface area (Å²) >= 11 is 0. The number of rotatable bonds is 0. The molecule has 2 heterocycles. The van der Waals surface area contributed by atoms with Gasteiger partial charge in [-0.05, 0) is 56.1 Å². The van der Waals surface area contributed by atoms with Gasteiger partial charge in [0.1, 0.15) is 5.66 Å². The molecule has 2 fully saturated rings. The minimum absolute atomic E-state index is 0.213. The van der Waals surface area contributed by atoms with Crippen LogP contribution in [0.15, 0.2) is 36.3 Å². The van der Waals surface area contributed by atoms with Gasteiger partial charge in [0.2, 0.25) is 0 Å². The summed E-state index contributed by atoms with van der Waals surface area (Å²) in [5, 5.41) is 3.64. The van der Waals surface area contributed by atoms with Crippen LogP contribution in [0.25, 0.3) is 0 Å². The van der Waals surface area contributed by atoms with Gasteiger partial charge >= 0.3 is 0 Å². The van der Waals surface area contributed by atoms with Crippen molar-refractivity contribution in [1.82, 2.24) is 10.2 Å². The Labute approximate surface area is 96.7 Å². The topological polar surface area (TPSA) is 15.3 Å². The van der Waals surface area contributed by atoms with Gasteiger partial charge in [-0.2, -0.15) is 0 Å². The Morgan fingerprint density at radius 1 is 1.00 bits per heavy atom. The van der Waals surface area contributed by atoms with Gasteiger partial charge in [0, 0.05) is 12.4 Å². The van der Waals surface area contributed by atoms with Gasteiger partial charge < -0.3 is 10.2 Å². The van der Waals surface area contributed by atoms with E-state index in [1.165, 1.54) is 44.2 Å². The molecule has 0 radical (unpaired) electrons. The molecule has 16 heavy (non-hydrogen) atoms. The van der Waals surface area contributed by atoms with Crippen molar-refractivity contribution in [1.29, 1.82) is 0 Å². The molecule has 0 unspecified atom stereocenters. The molecule has 2 spiro atoms. The van der Waals surface area contributed by atoms with Gasteiger partial charge in [0.15, 0.2) is 0 Å². The molecule has 4 aliphatic rings. The molecule has 0 atom stereocenters. The van der Waals surface area contributed by atoms with Crippen LogP contribution < -0.4 is 5.32 Å². The first-order valence-electron chi connectivity index (χ1n) is 6.44. The molecule has 1 N–H and O–H groups in total. The monoisotopic (exact) mass is 214 g/mol. The first-order valence-corrected chi connectivity index (χ1v) is 6.44. The highest BCUT2D eigenvalue weighted by Gasteiger charge is 2.52. The summed E-state index contributed by atoms with van der Waals surface area (Å²) in [5.74, 6) is 0. The third-order valence-electron chi connectivity index (χ3n) is 4.94. The van der Waals surface area contributed by atoms with Crippen molar-refractivity contribution in [3.8, 4) is 0 Å². The molecule has 0 aromatic rings. The predicted molar refractivity (Wildman–Crippen MR) is 64.2 cm³/mol. The Kier molecular flexibility index (Phi) is 1.52. The fourth-order valence-electron chi connectivity index (χ4n) is 3.50. The second kappa shape index (κ2) is 2.73. The minimum atomic E-state index is 0.213. The fourth-order valence-corrected chi connectivity index (χ4v) is 3.50. The molecule has 0 bridgehead atoms. The minimum Gasteiger partial charge on any atom is -0.367 e. The maximum absolute atomic E-state index is 3.64. The first-order chi connectivity index (χ1) is 7.82. The molecule has 84 valence electrons. The highest BCUT2D eigenvalue weighted by Crippen LogP contribution is 2.59. The van der Waals surface area contributed by atoms with Crippen LogP contribution in [0.1, 0.15) is 38.5 Å². The van der Waals surface area contributed by atoms with Crippen molar-refractivity contribution < 1.29 is 0 Å². The lowest BCUT2D eigenvalue weighted by Crippen LogP contribution is -2.52. The van der Waals surface area contributed by atoms with Crippen molar-refractivity contribution in [2.45, 2.75) is 44.2 Å². The van der Waals surface area contributed by atoms with Gasteiger partial charge in [-0.3, -0.25) is 0 Å². The molecule has 2 saturated carbocycles. The number of nitrogens with zero attached hydrogens (tertiary/aromatic N) is 1. The highest BCUT2D eigenvalue weighted by atomic mass is 15.4. The number of hydrogen-bond donors (Lipinski definition) is 1. The summed E-state index contributed by atoms with van der Waals surface area (Å²) in [6.07, 6.45) is 19.3. The van der Waals surface area contributed by atoms with Crippen LogP contribution in [0.2, 0.25) is 0 Å². The van der Waals surface area contributed by atoms with E-state index in [4.69, 9.17) is 0 Å². The van der Waals surface area contributed by atoms with Crippen molar-refractivity contribution >= 4 is 0 Å². The molecule has 0 amide bonds. The van der Waals surface area contributed by atoms with E-state index >= 15 is 0 Å². The molecule has 0 saturated heterocycles. The highest BCUT2D eigenvalue weighted by molar-refractivity contribution is 5.34. The van der Waals surface area contributed by atoms with Gasteiger partial charge in [0.25, 0.3) is 0 Å². The lowest BCUT2D eigenvalue weighted by Gasteiger charge is -2.45. The third-order valence-corrected chi connectivity index (χ3v) is 4.94. The van der Waals surface area contributed by atoms with Crippen molar-refractivity contribution in [2.75, 3.05) is 0 Å². The normalized spacial score (nSPS) is 31.5. The Morgan fingerprint density at radius 3 is 2.50 bits per heavy atom. The van der Waals surface area contributed by atoms with Crippen molar-refractivity contribution in [3.05, 3.63) is 36.3 Å². The quantitative estimate of drug-likeness (QED) is 0.667. The second-order valence-corrected chi connectivity index (χ2v) is 5.82. The van der Waals surface area contributed by atoms with Gasteiger partial charge in [-0.1, -0.05) is 6.08 Å². The maximum atomic E-state index is 3.64. The third kappa shape index (κ3) is 1.07. The van der Waals surface area contributed by atoms with E-state index < -0.39 is 0 Å². The van der Waals surface area contributed by atoms with E-state index in [-0.39, 0.29) is 5.66 Å². The molecule has 0 aromatic heterocycles. The zero-order chi connectivity index (χ0) is 10.6. The standard InChI is InChI=1S/C14H18N2/c1-2-10-16-12(3-1)11-15-14(16)8-6-13(4-5-13)7-9-14/h1-3,10-11,15H,4-9H2. The van der Waals surface area contributed by atoms with Gasteiger partial charge in [-0.25, -0.2) is 0 Å². The number of allylic oxidation sites excluding steroid dienone is 3. The van der Waals surface area contributed by atoms with Crippen LogP contribution in [0, 0.1) is 5.41 Å². The first kappa shape index (κ1) is 8.91. The summed E-state index contributed by atoms with van der Waals surface area (Å²) in [4.78, 5) is 2.45. The molecule has 2 aliphatic heterocycles. The smallest absolute Gasteiger partial charge is 0.114 e. The van der Waals surface area contributed by atoms with E-state index in [0.717, 1.165) is 5.41 Å². The Morgan fingerprint density at radius 2 is 1.75 bits per heavy atom. The molecule has 2 aliphatic carbocycles. The van der Waals surface area contributed by atoms with Gasteiger partial charge in [0.05, 0.1) is 5.70 Å². The van der Waals surface area contributed by atoms with E-state index in [2.05, 4.69) is 40.8 Å². The van der Waals surface area contributed by atoms with Crippen LogP contribution in [0.5, 0.6) is 0 Å². The summed E-state index contributed by atoms with van der Waals surface area (Å²) in [6, 6.07) is 0. The lowest BCUT2D eigenvalue weighted by atomic mass is 9.79. The molecule has 2 nitrogen and oxygen atoms in total. The SMILES string of the molecule is C1=CC2=CNC3(CCC4(CC4)CC3)N2C=C1. The second-order valence-electron chi connectivity index (χ2n) is 5.82. The van der Waals surface area contributed by atoms with Crippen LogP contribution in [0.4, 0.5) is 0 Å². The average Bonchev–Trinajstić information content (AvgIpc) is 3.01. The largest absolute Gasteiger partial charge is 0.367 e. The van der Waals surface area contributed by atoms with Crippen LogP contribution in [-0.4, -0.2) is 10.6 Å². The van der Waals surface area contributed by atoms with Crippen LogP contribution in [-0.2, 0) is 0 Å². The van der Waals surface area contributed by atoms with E-state index in [9.17, 15) is 0 Å². The molecule has 2 heteroatoms. The fraction of sp³-hybridized carbons (Fsp3) is 0.571. The van der Waals surface area contributed by atoms with Crippen molar-refractivity contribution in [2.24, 2.45) is 5.41 Å². The number of nitrogens with one attached hydrogen (secondary N) is 1. The number of hydrogen-bond acceptors (Lipinski definition) is 2. The average molecular weight is 214 g/mol. The maximum Gasteiger partial charge on any atom is 0.114 e. The predicted octanol–water partition coefficient (Wildman–Crippen LogP) is 2.87. The van der Waals surface area contributed by atoms with Crippen molar-refractivity contribution in [3.63, 3.8) is 0 Å². The summed E-state index contributed by atoms with van der Waals surface area (Å²) in [5.41, 5.74) is 2.31. The van der Waals surface area contributed by atoms with Crippen LogP contribution in [0.3, 0.4) is 0 Å². The lowest BCUT2D eigenvalue weighted by molar-refractivity contribution is 0.0943. The summed E-state index contributed by atoms with van der Waals surface area (Å²) in [7, 11) is 0. The molecule has 4 rings (SSSR count). The zero-order valence-electron chi connectivity index (χ0n) is 9.58. The van der Waals surface area contributed by atoms with Gasteiger partial charge in [-0.15, -0.1) is 0 Å². The van der Waals surface area contributed by atoms with E-state index in [1.54, 1.807) is 0 Å². The zero-order valence-corrected chi connectivity index (χ0v) is 9.58. The Balaban J connectivity index is 1.60. The van der Waals surface area contributed by atoms with E-state index in [0.29, 0.717) is 0 Å². The molecular weight excluding hydrogens is 196 g/mol. The number of fused-ring (bicyclic) bond motifs is 2. The molecule has 0 aromatic carbocycles. The Bertz CT molecular complexity index is 402. The summed E-state index contributed by atoms with van der Waals surface area (Å²) < 4.78 is 0. The summed E-state index contributed by atoms with van der Waals surface area (Å²) in [6.45, 7) is 0. The van der Waals surface area contributed by atoms with E-state index in [1.807, 2.05) is 0 Å². The van der Waals surface area contributed by atoms with Crippen LogP contribution >= 0.6 is 0 Å². The Hall–Kier alpha value is -1.18.